The SMILES string of the molecule is N#CC1(N)CCCN(CCc2ccccc2)C1. The van der Waals surface area contributed by atoms with Crippen LogP contribution in [-0.2, 0) is 6.42 Å². The predicted octanol–water partition coefficient (Wildman–Crippen LogP) is 1.55. The van der Waals surface area contributed by atoms with Gasteiger partial charge in [-0.2, -0.15) is 5.26 Å². The van der Waals surface area contributed by atoms with Gasteiger partial charge < -0.3 is 10.6 Å². The van der Waals surface area contributed by atoms with Gasteiger partial charge in [-0.1, -0.05) is 30.3 Å². The van der Waals surface area contributed by atoms with Crippen LogP contribution in [0.4, 0.5) is 0 Å². The summed E-state index contributed by atoms with van der Waals surface area (Å²) in [5.74, 6) is 0. The van der Waals surface area contributed by atoms with Gasteiger partial charge in [0.1, 0.15) is 5.54 Å². The molecule has 1 unspecified atom stereocenters. The zero-order valence-electron chi connectivity index (χ0n) is 10.1. The minimum atomic E-state index is -0.630. The number of hydrogen-bond acceptors (Lipinski definition) is 3. The van der Waals surface area contributed by atoms with E-state index in [1.807, 2.05) is 6.07 Å². The molecule has 0 bridgehead atoms. The first-order valence-electron chi connectivity index (χ1n) is 6.18. The number of piperidine rings is 1. The third-order valence-corrected chi connectivity index (χ3v) is 3.39. The van der Waals surface area contributed by atoms with Crippen molar-refractivity contribution in [2.75, 3.05) is 19.6 Å². The highest BCUT2D eigenvalue weighted by Crippen LogP contribution is 2.18. The summed E-state index contributed by atoms with van der Waals surface area (Å²) in [7, 11) is 0. The van der Waals surface area contributed by atoms with Gasteiger partial charge in [-0.25, -0.2) is 0 Å². The predicted molar refractivity (Wildman–Crippen MR) is 68.4 cm³/mol. The van der Waals surface area contributed by atoms with Crippen LogP contribution in [0.25, 0.3) is 0 Å². The lowest BCUT2D eigenvalue weighted by atomic mass is 9.91. The lowest BCUT2D eigenvalue weighted by Crippen LogP contribution is -2.53. The molecule has 1 aromatic rings. The molecule has 3 heteroatoms. The Morgan fingerprint density at radius 3 is 2.82 bits per heavy atom. The highest BCUT2D eigenvalue weighted by Gasteiger charge is 2.31. The fraction of sp³-hybridized carbons (Fsp3) is 0.500. The first-order valence-corrected chi connectivity index (χ1v) is 6.18. The molecule has 90 valence electrons. The van der Waals surface area contributed by atoms with Crippen molar-refractivity contribution in [2.24, 2.45) is 5.73 Å². The summed E-state index contributed by atoms with van der Waals surface area (Å²) in [5, 5.41) is 9.05. The Labute approximate surface area is 103 Å². The Morgan fingerprint density at radius 2 is 2.12 bits per heavy atom. The average Bonchev–Trinajstić information content (AvgIpc) is 2.38. The second-order valence-electron chi connectivity index (χ2n) is 4.88. The number of nitrogens with two attached hydrogens (primary N) is 1. The van der Waals surface area contributed by atoms with Crippen molar-refractivity contribution >= 4 is 0 Å². The van der Waals surface area contributed by atoms with E-state index in [2.05, 4.69) is 35.2 Å². The van der Waals surface area contributed by atoms with Crippen molar-refractivity contribution in [1.82, 2.24) is 4.90 Å². The van der Waals surface area contributed by atoms with Crippen molar-refractivity contribution in [3.8, 4) is 6.07 Å². The van der Waals surface area contributed by atoms with E-state index in [0.29, 0.717) is 6.54 Å². The summed E-state index contributed by atoms with van der Waals surface area (Å²) in [6.07, 6.45) is 2.88. The van der Waals surface area contributed by atoms with Gasteiger partial charge in [0.05, 0.1) is 6.07 Å². The Morgan fingerprint density at radius 1 is 1.35 bits per heavy atom. The number of rotatable bonds is 3. The van der Waals surface area contributed by atoms with Crippen LogP contribution in [0.1, 0.15) is 18.4 Å². The smallest absolute Gasteiger partial charge is 0.117 e. The fourth-order valence-corrected chi connectivity index (χ4v) is 2.39. The molecule has 0 aliphatic carbocycles. The van der Waals surface area contributed by atoms with E-state index in [4.69, 9.17) is 11.0 Å². The van der Waals surface area contributed by atoms with Crippen molar-refractivity contribution < 1.29 is 0 Å². The molecule has 0 saturated carbocycles. The van der Waals surface area contributed by atoms with E-state index in [1.165, 1.54) is 5.56 Å². The third kappa shape index (κ3) is 3.29. The molecule has 17 heavy (non-hydrogen) atoms. The van der Waals surface area contributed by atoms with Crippen LogP contribution in [0.15, 0.2) is 30.3 Å². The van der Waals surface area contributed by atoms with Gasteiger partial charge in [-0.3, -0.25) is 0 Å². The molecule has 1 aromatic carbocycles. The second kappa shape index (κ2) is 5.31. The van der Waals surface area contributed by atoms with Crippen LogP contribution in [-0.4, -0.2) is 30.1 Å². The van der Waals surface area contributed by atoms with Crippen LogP contribution >= 0.6 is 0 Å². The van der Waals surface area contributed by atoms with E-state index in [9.17, 15) is 0 Å². The van der Waals surface area contributed by atoms with Gasteiger partial charge in [0.15, 0.2) is 0 Å². The second-order valence-corrected chi connectivity index (χ2v) is 4.88. The highest BCUT2D eigenvalue weighted by molar-refractivity contribution is 5.15. The Kier molecular flexibility index (Phi) is 3.78. The van der Waals surface area contributed by atoms with Crippen LogP contribution in [0, 0.1) is 11.3 Å². The number of nitriles is 1. The molecule has 0 spiro atoms. The topological polar surface area (TPSA) is 53.1 Å². The summed E-state index contributed by atoms with van der Waals surface area (Å²) >= 11 is 0. The van der Waals surface area contributed by atoms with Crippen molar-refractivity contribution in [2.45, 2.75) is 24.8 Å². The van der Waals surface area contributed by atoms with Crippen molar-refractivity contribution in [3.63, 3.8) is 0 Å². The quantitative estimate of drug-likeness (QED) is 0.855. The molecule has 1 heterocycles. The monoisotopic (exact) mass is 229 g/mol. The molecular formula is C14H19N3. The molecule has 1 fully saturated rings. The standard InChI is InChI=1S/C14H19N3/c15-11-14(16)8-4-9-17(12-14)10-7-13-5-2-1-3-6-13/h1-3,5-6H,4,7-10,12,16H2. The Hall–Kier alpha value is -1.37. The molecular weight excluding hydrogens is 210 g/mol. The lowest BCUT2D eigenvalue weighted by molar-refractivity contribution is 0.181. The molecule has 3 nitrogen and oxygen atoms in total. The highest BCUT2D eigenvalue weighted by atomic mass is 15.2. The molecule has 0 amide bonds. The zero-order chi connectivity index (χ0) is 12.1. The summed E-state index contributed by atoms with van der Waals surface area (Å²) in [5.41, 5.74) is 6.73. The zero-order valence-corrected chi connectivity index (χ0v) is 10.1. The van der Waals surface area contributed by atoms with Gasteiger partial charge in [0.25, 0.3) is 0 Å². The van der Waals surface area contributed by atoms with E-state index in [0.717, 1.165) is 32.4 Å². The molecule has 0 aromatic heterocycles. The van der Waals surface area contributed by atoms with E-state index in [1.54, 1.807) is 0 Å². The maximum absolute atomic E-state index is 9.05. The normalized spacial score (nSPS) is 25.4. The van der Waals surface area contributed by atoms with E-state index >= 15 is 0 Å². The van der Waals surface area contributed by atoms with Gasteiger partial charge in [-0.05, 0) is 31.4 Å². The van der Waals surface area contributed by atoms with Gasteiger partial charge in [0.2, 0.25) is 0 Å². The Bertz CT molecular complexity index is 396. The lowest BCUT2D eigenvalue weighted by Gasteiger charge is -2.35. The first kappa shape index (κ1) is 12.1. The maximum Gasteiger partial charge on any atom is 0.117 e. The number of nitrogens with zero attached hydrogens (tertiary/aromatic N) is 2. The summed E-state index contributed by atoms with van der Waals surface area (Å²) in [4.78, 5) is 2.31. The average molecular weight is 229 g/mol. The summed E-state index contributed by atoms with van der Waals surface area (Å²) in [6.45, 7) is 2.76. The Balaban J connectivity index is 1.86. The molecule has 1 aliphatic heterocycles. The minimum absolute atomic E-state index is 0.630. The van der Waals surface area contributed by atoms with Gasteiger partial charge in [0, 0.05) is 13.1 Å². The van der Waals surface area contributed by atoms with E-state index < -0.39 is 5.54 Å². The van der Waals surface area contributed by atoms with Crippen molar-refractivity contribution in [3.05, 3.63) is 35.9 Å². The molecule has 1 saturated heterocycles. The van der Waals surface area contributed by atoms with Crippen LogP contribution in [0.5, 0.6) is 0 Å². The van der Waals surface area contributed by atoms with E-state index in [-0.39, 0.29) is 0 Å². The molecule has 2 N–H and O–H groups in total. The number of benzene rings is 1. The summed E-state index contributed by atoms with van der Waals surface area (Å²) in [6, 6.07) is 12.7. The number of hydrogen-bond donors (Lipinski definition) is 1. The fourth-order valence-electron chi connectivity index (χ4n) is 2.39. The molecule has 1 aliphatic rings. The van der Waals surface area contributed by atoms with Crippen LogP contribution in [0.3, 0.4) is 0 Å². The minimum Gasteiger partial charge on any atom is -0.312 e. The first-order chi connectivity index (χ1) is 8.22. The van der Waals surface area contributed by atoms with Gasteiger partial charge in [-0.15, -0.1) is 0 Å². The molecule has 1 atom stereocenters. The van der Waals surface area contributed by atoms with Crippen LogP contribution < -0.4 is 5.73 Å². The van der Waals surface area contributed by atoms with Crippen LogP contribution in [0.2, 0.25) is 0 Å². The maximum atomic E-state index is 9.05. The van der Waals surface area contributed by atoms with Crippen molar-refractivity contribution in [1.29, 1.82) is 5.26 Å². The molecule has 0 radical (unpaired) electrons. The third-order valence-electron chi connectivity index (χ3n) is 3.39. The largest absolute Gasteiger partial charge is 0.312 e. The summed E-state index contributed by atoms with van der Waals surface area (Å²) < 4.78 is 0. The van der Waals surface area contributed by atoms with Gasteiger partial charge >= 0.3 is 0 Å². The molecule has 2 rings (SSSR count). The number of likely N-dealkylation sites (tertiary alicyclic amines) is 1.